The van der Waals surface area contributed by atoms with Crippen LogP contribution in [-0.2, 0) is 11.3 Å². The summed E-state index contributed by atoms with van der Waals surface area (Å²) < 4.78 is 13.7. The lowest BCUT2D eigenvalue weighted by Crippen LogP contribution is -2.39. The predicted octanol–water partition coefficient (Wildman–Crippen LogP) is 4.56. The van der Waals surface area contributed by atoms with Crippen molar-refractivity contribution in [3.05, 3.63) is 77.6 Å². The van der Waals surface area contributed by atoms with E-state index in [0.717, 1.165) is 27.6 Å². The number of fused-ring (bicyclic) bond motifs is 2. The summed E-state index contributed by atoms with van der Waals surface area (Å²) in [4.78, 5) is 13.8. The highest BCUT2D eigenvalue weighted by atomic mass is 19.1. The van der Waals surface area contributed by atoms with Crippen LogP contribution in [0.15, 0.2) is 60.7 Å². The van der Waals surface area contributed by atoms with Crippen molar-refractivity contribution >= 4 is 22.4 Å². The highest BCUT2D eigenvalue weighted by Crippen LogP contribution is 2.42. The smallest absolute Gasteiger partial charge is 0.326 e. The van der Waals surface area contributed by atoms with Crippen molar-refractivity contribution in [1.29, 1.82) is 0 Å². The minimum atomic E-state index is -0.885. The topological polar surface area (TPSA) is 40.5 Å². The molecular formula is C21H18FNO2. The summed E-state index contributed by atoms with van der Waals surface area (Å²) in [7, 11) is 0. The highest BCUT2D eigenvalue weighted by Gasteiger charge is 2.40. The average Bonchev–Trinajstić information content (AvgIpc) is 2.87. The lowest BCUT2D eigenvalue weighted by Gasteiger charge is -2.27. The number of nitrogens with zero attached hydrogens (tertiary/aromatic N) is 1. The van der Waals surface area contributed by atoms with Crippen LogP contribution in [0.5, 0.6) is 0 Å². The molecule has 126 valence electrons. The monoisotopic (exact) mass is 335 g/mol. The molecule has 4 heteroatoms. The van der Waals surface area contributed by atoms with Crippen molar-refractivity contribution in [2.45, 2.75) is 25.4 Å². The van der Waals surface area contributed by atoms with Gasteiger partial charge in [-0.3, -0.25) is 0 Å². The summed E-state index contributed by atoms with van der Waals surface area (Å²) in [5.41, 5.74) is 2.62. The number of halogens is 1. The van der Waals surface area contributed by atoms with Crippen molar-refractivity contribution in [2.24, 2.45) is 0 Å². The van der Waals surface area contributed by atoms with Gasteiger partial charge in [-0.1, -0.05) is 49.4 Å². The van der Waals surface area contributed by atoms with Crippen LogP contribution in [0, 0.1) is 5.82 Å². The zero-order valence-corrected chi connectivity index (χ0v) is 13.8. The minimum absolute atomic E-state index is 0.266. The Morgan fingerprint density at radius 3 is 2.68 bits per heavy atom. The van der Waals surface area contributed by atoms with E-state index >= 15 is 0 Å². The standard InChI is InChI=1S/C21H18FNO2/c1-13-18-11-16(22)9-10-19(18)23(20(13)21(24)25)12-15-7-4-6-14-5-2-3-8-17(14)15/h2-11,13,20H,12H2,1H3,(H,24,25). The molecular weight excluding hydrogens is 317 g/mol. The Labute approximate surface area is 145 Å². The second kappa shape index (κ2) is 5.88. The number of aliphatic carboxylic acids is 1. The Bertz CT molecular complexity index is 964. The van der Waals surface area contributed by atoms with Crippen molar-refractivity contribution in [3.8, 4) is 0 Å². The van der Waals surface area contributed by atoms with E-state index in [1.54, 1.807) is 6.07 Å². The van der Waals surface area contributed by atoms with Gasteiger partial charge >= 0.3 is 5.97 Å². The van der Waals surface area contributed by atoms with Gasteiger partial charge in [-0.05, 0) is 40.1 Å². The molecule has 4 rings (SSSR count). The average molecular weight is 335 g/mol. The van der Waals surface area contributed by atoms with Gasteiger partial charge in [-0.2, -0.15) is 0 Å². The van der Waals surface area contributed by atoms with Crippen LogP contribution < -0.4 is 4.90 Å². The van der Waals surface area contributed by atoms with E-state index in [0.29, 0.717) is 6.54 Å². The van der Waals surface area contributed by atoms with Gasteiger partial charge in [-0.25, -0.2) is 9.18 Å². The molecule has 2 atom stereocenters. The van der Waals surface area contributed by atoms with Crippen LogP contribution in [0.4, 0.5) is 10.1 Å². The fraction of sp³-hybridized carbons (Fsp3) is 0.190. The second-order valence-corrected chi connectivity index (χ2v) is 6.54. The molecule has 0 amide bonds. The summed E-state index contributed by atoms with van der Waals surface area (Å²) in [5, 5.41) is 12.0. The first-order chi connectivity index (χ1) is 12.1. The molecule has 1 aliphatic rings. The second-order valence-electron chi connectivity index (χ2n) is 6.54. The molecule has 0 aliphatic carbocycles. The molecule has 3 nitrogen and oxygen atoms in total. The van der Waals surface area contributed by atoms with Crippen LogP contribution in [0.1, 0.15) is 24.0 Å². The number of carboxylic acid groups (broad SMARTS) is 1. The van der Waals surface area contributed by atoms with Gasteiger partial charge in [0, 0.05) is 18.2 Å². The van der Waals surface area contributed by atoms with E-state index in [9.17, 15) is 14.3 Å². The molecule has 1 aliphatic heterocycles. The summed E-state index contributed by atoms with van der Waals surface area (Å²) in [6.45, 7) is 2.32. The molecule has 0 saturated carbocycles. The summed E-state index contributed by atoms with van der Waals surface area (Å²) >= 11 is 0. The first-order valence-corrected chi connectivity index (χ1v) is 8.32. The maximum atomic E-state index is 13.7. The molecule has 0 fully saturated rings. The number of rotatable bonds is 3. The normalized spacial score (nSPS) is 19.2. The summed E-state index contributed by atoms with van der Waals surface area (Å²) in [6.07, 6.45) is 0. The van der Waals surface area contributed by atoms with Gasteiger partial charge in [0.2, 0.25) is 0 Å². The van der Waals surface area contributed by atoms with Gasteiger partial charge < -0.3 is 10.0 Å². The number of benzene rings is 3. The van der Waals surface area contributed by atoms with Crippen molar-refractivity contribution in [1.82, 2.24) is 0 Å². The van der Waals surface area contributed by atoms with Gasteiger partial charge in [0.15, 0.2) is 0 Å². The highest BCUT2D eigenvalue weighted by molar-refractivity contribution is 5.87. The number of anilines is 1. The minimum Gasteiger partial charge on any atom is -0.480 e. The molecule has 0 aromatic heterocycles. The Morgan fingerprint density at radius 1 is 1.12 bits per heavy atom. The molecule has 25 heavy (non-hydrogen) atoms. The SMILES string of the molecule is CC1c2cc(F)ccc2N(Cc2cccc3ccccc23)C1C(=O)O. The van der Waals surface area contributed by atoms with E-state index in [1.165, 1.54) is 12.1 Å². The third kappa shape index (κ3) is 2.54. The molecule has 0 saturated heterocycles. The van der Waals surface area contributed by atoms with Crippen LogP contribution in [-0.4, -0.2) is 17.1 Å². The zero-order chi connectivity index (χ0) is 17.6. The van der Waals surface area contributed by atoms with Crippen LogP contribution in [0.2, 0.25) is 0 Å². The largest absolute Gasteiger partial charge is 0.480 e. The van der Waals surface area contributed by atoms with Crippen LogP contribution in [0.3, 0.4) is 0 Å². The Hall–Kier alpha value is -2.88. The first kappa shape index (κ1) is 15.6. The Balaban J connectivity index is 1.81. The van der Waals surface area contributed by atoms with E-state index < -0.39 is 12.0 Å². The van der Waals surface area contributed by atoms with Crippen LogP contribution >= 0.6 is 0 Å². The van der Waals surface area contributed by atoms with Crippen molar-refractivity contribution in [2.75, 3.05) is 4.90 Å². The van der Waals surface area contributed by atoms with Gasteiger partial charge in [0.25, 0.3) is 0 Å². The molecule has 0 radical (unpaired) electrons. The maximum Gasteiger partial charge on any atom is 0.326 e. The van der Waals surface area contributed by atoms with E-state index in [4.69, 9.17) is 0 Å². The Morgan fingerprint density at radius 2 is 1.88 bits per heavy atom. The van der Waals surface area contributed by atoms with Gasteiger partial charge in [0.05, 0.1) is 0 Å². The van der Waals surface area contributed by atoms with Crippen molar-refractivity contribution in [3.63, 3.8) is 0 Å². The molecule has 1 heterocycles. The quantitative estimate of drug-likeness (QED) is 0.763. The number of carbonyl (C=O) groups is 1. The number of hydrogen-bond acceptors (Lipinski definition) is 2. The van der Waals surface area contributed by atoms with E-state index in [2.05, 4.69) is 0 Å². The lowest BCUT2D eigenvalue weighted by atomic mass is 9.97. The van der Waals surface area contributed by atoms with E-state index in [-0.39, 0.29) is 11.7 Å². The first-order valence-electron chi connectivity index (χ1n) is 8.32. The zero-order valence-electron chi connectivity index (χ0n) is 13.8. The van der Waals surface area contributed by atoms with Crippen molar-refractivity contribution < 1.29 is 14.3 Å². The molecule has 1 N–H and O–H groups in total. The van der Waals surface area contributed by atoms with Crippen LogP contribution in [0.25, 0.3) is 10.8 Å². The fourth-order valence-corrected chi connectivity index (χ4v) is 3.89. The predicted molar refractivity (Wildman–Crippen MR) is 96.4 cm³/mol. The van der Waals surface area contributed by atoms with Gasteiger partial charge in [-0.15, -0.1) is 0 Å². The molecule has 3 aromatic rings. The number of carboxylic acids is 1. The third-order valence-corrected chi connectivity index (χ3v) is 5.07. The molecule has 3 aromatic carbocycles. The van der Waals surface area contributed by atoms with Gasteiger partial charge in [0.1, 0.15) is 11.9 Å². The molecule has 2 unspecified atom stereocenters. The molecule has 0 bridgehead atoms. The lowest BCUT2D eigenvalue weighted by molar-refractivity contribution is -0.138. The fourth-order valence-electron chi connectivity index (χ4n) is 3.89. The Kier molecular flexibility index (Phi) is 3.68. The molecule has 0 spiro atoms. The van der Waals surface area contributed by atoms with E-state index in [1.807, 2.05) is 54.3 Å². The number of hydrogen-bond donors (Lipinski definition) is 1. The third-order valence-electron chi connectivity index (χ3n) is 5.07. The summed E-state index contributed by atoms with van der Waals surface area (Å²) in [6, 6.07) is 18.0. The maximum absolute atomic E-state index is 13.7. The summed E-state index contributed by atoms with van der Waals surface area (Å²) in [5.74, 6) is -1.48.